The number of aromatic nitrogens is 2. The lowest BCUT2D eigenvalue weighted by atomic mass is 10.1. The molecule has 1 aromatic carbocycles. The Balaban J connectivity index is 1.50. The van der Waals surface area contributed by atoms with Crippen molar-refractivity contribution < 1.29 is 17.9 Å². The number of pyridine rings is 2. The molecule has 0 unspecified atom stereocenters. The van der Waals surface area contributed by atoms with Gasteiger partial charge in [0.2, 0.25) is 0 Å². The summed E-state index contributed by atoms with van der Waals surface area (Å²) in [6, 6.07) is 9.40. The quantitative estimate of drug-likeness (QED) is 0.554. The van der Waals surface area contributed by atoms with Crippen LogP contribution in [0, 0.1) is 6.92 Å². The Bertz CT molecular complexity index is 1050. The van der Waals surface area contributed by atoms with E-state index >= 15 is 0 Å². The van der Waals surface area contributed by atoms with Crippen LogP contribution in [0.4, 0.5) is 24.8 Å². The van der Waals surface area contributed by atoms with Crippen LogP contribution in [-0.2, 0) is 6.18 Å². The molecule has 0 atom stereocenters. The summed E-state index contributed by atoms with van der Waals surface area (Å²) in [7, 11) is 0. The number of ether oxygens (including phenoxy) is 1. The van der Waals surface area contributed by atoms with Crippen LogP contribution in [-0.4, -0.2) is 41.1 Å². The van der Waals surface area contributed by atoms with Crippen LogP contribution in [0.5, 0.6) is 5.75 Å². The average molecular weight is 430 g/mol. The van der Waals surface area contributed by atoms with E-state index in [-0.39, 0.29) is 5.82 Å². The molecule has 1 aliphatic rings. The second-order valence-corrected chi connectivity index (χ2v) is 7.78. The smallest absolute Gasteiger partial charge is 0.416 e. The minimum atomic E-state index is -4.42. The van der Waals surface area contributed by atoms with Gasteiger partial charge in [0.1, 0.15) is 24.0 Å². The molecule has 2 aromatic heterocycles. The van der Waals surface area contributed by atoms with Gasteiger partial charge < -0.3 is 10.1 Å². The highest BCUT2D eigenvalue weighted by Gasteiger charge is 2.30. The molecule has 8 heteroatoms. The lowest BCUT2D eigenvalue weighted by Crippen LogP contribution is -2.33. The largest absolute Gasteiger partial charge is 0.492 e. The number of hydrogen-bond acceptors (Lipinski definition) is 5. The Morgan fingerprint density at radius 3 is 2.61 bits per heavy atom. The van der Waals surface area contributed by atoms with Crippen molar-refractivity contribution >= 4 is 22.5 Å². The number of nitrogens with zero attached hydrogens (tertiary/aromatic N) is 3. The van der Waals surface area contributed by atoms with Crippen molar-refractivity contribution in [2.24, 2.45) is 0 Å². The van der Waals surface area contributed by atoms with E-state index in [0.717, 1.165) is 60.2 Å². The van der Waals surface area contributed by atoms with Gasteiger partial charge in [0.15, 0.2) is 0 Å². The van der Waals surface area contributed by atoms with E-state index < -0.39 is 11.7 Å². The number of benzene rings is 1. The molecule has 0 amide bonds. The Hall–Kier alpha value is -2.87. The summed E-state index contributed by atoms with van der Waals surface area (Å²) >= 11 is 0. The molecular weight excluding hydrogens is 405 g/mol. The molecule has 0 bridgehead atoms. The maximum Gasteiger partial charge on any atom is 0.416 e. The van der Waals surface area contributed by atoms with E-state index in [9.17, 15) is 13.2 Å². The number of fused-ring (bicyclic) bond motifs is 1. The van der Waals surface area contributed by atoms with Crippen LogP contribution in [0.25, 0.3) is 10.9 Å². The summed E-state index contributed by atoms with van der Waals surface area (Å²) in [5.74, 6) is 1.27. The topological polar surface area (TPSA) is 50.3 Å². The van der Waals surface area contributed by atoms with E-state index in [1.807, 2.05) is 25.1 Å². The fraction of sp³-hybridized carbons (Fsp3) is 0.391. The molecule has 1 aliphatic heterocycles. The van der Waals surface area contributed by atoms with Crippen molar-refractivity contribution in [3.8, 4) is 5.75 Å². The molecule has 0 aliphatic carbocycles. The molecule has 31 heavy (non-hydrogen) atoms. The van der Waals surface area contributed by atoms with Crippen LogP contribution in [0.2, 0.25) is 0 Å². The van der Waals surface area contributed by atoms with Crippen LogP contribution in [0.15, 0.2) is 42.6 Å². The average Bonchev–Trinajstić information content (AvgIpc) is 2.76. The van der Waals surface area contributed by atoms with Gasteiger partial charge in [-0.15, -0.1) is 0 Å². The Morgan fingerprint density at radius 2 is 1.84 bits per heavy atom. The molecule has 1 saturated heterocycles. The van der Waals surface area contributed by atoms with Crippen LogP contribution >= 0.6 is 0 Å². The first-order chi connectivity index (χ1) is 14.9. The predicted octanol–water partition coefficient (Wildman–Crippen LogP) is 5.57. The third kappa shape index (κ3) is 5.25. The maximum atomic E-state index is 12.9. The van der Waals surface area contributed by atoms with Gasteiger partial charge in [-0.05, 0) is 68.8 Å². The second kappa shape index (κ2) is 9.09. The number of likely N-dealkylation sites (tertiary alicyclic amines) is 1. The van der Waals surface area contributed by atoms with Crippen molar-refractivity contribution in [1.82, 2.24) is 14.9 Å². The second-order valence-electron chi connectivity index (χ2n) is 7.78. The zero-order chi connectivity index (χ0) is 21.8. The lowest BCUT2D eigenvalue weighted by molar-refractivity contribution is -0.137. The molecule has 0 saturated carbocycles. The highest BCUT2D eigenvalue weighted by molar-refractivity contribution is 5.89. The molecular formula is C23H25F3N4O. The number of piperidine rings is 1. The lowest BCUT2D eigenvalue weighted by Gasteiger charge is -2.26. The molecule has 0 spiro atoms. The normalized spacial score (nSPS) is 15.2. The fourth-order valence-corrected chi connectivity index (χ4v) is 3.80. The van der Waals surface area contributed by atoms with Crippen molar-refractivity contribution in [3.63, 3.8) is 0 Å². The van der Waals surface area contributed by atoms with Crippen molar-refractivity contribution in [1.29, 1.82) is 0 Å². The van der Waals surface area contributed by atoms with Crippen LogP contribution in [0.3, 0.4) is 0 Å². The standard InChI is InChI=1S/C23H25F3N4O/c1-16-5-7-19(31-14-13-30-11-3-2-4-12-30)18-6-8-20(29-22(16)18)28-21-15-17(9-10-27-21)23(24,25)26/h5-10,15H,2-4,11-14H2,1H3,(H,27,28,29). The first-order valence-electron chi connectivity index (χ1n) is 10.5. The van der Waals surface area contributed by atoms with Gasteiger partial charge in [0, 0.05) is 18.1 Å². The molecule has 164 valence electrons. The Kier molecular flexibility index (Phi) is 6.27. The molecule has 3 aromatic rings. The first-order valence-corrected chi connectivity index (χ1v) is 10.5. The molecule has 1 fully saturated rings. The molecule has 4 rings (SSSR count). The summed E-state index contributed by atoms with van der Waals surface area (Å²) in [6.45, 7) is 5.69. The number of nitrogens with one attached hydrogen (secondary N) is 1. The number of hydrogen-bond donors (Lipinski definition) is 1. The molecule has 1 N–H and O–H groups in total. The minimum Gasteiger partial charge on any atom is -0.492 e. The van der Waals surface area contributed by atoms with Gasteiger partial charge in [-0.3, -0.25) is 4.90 Å². The van der Waals surface area contributed by atoms with Crippen LogP contribution < -0.4 is 10.1 Å². The third-order valence-electron chi connectivity index (χ3n) is 5.48. The number of anilines is 2. The van der Waals surface area contributed by atoms with Crippen molar-refractivity contribution in [2.75, 3.05) is 31.6 Å². The summed E-state index contributed by atoms with van der Waals surface area (Å²) < 4.78 is 44.9. The summed E-state index contributed by atoms with van der Waals surface area (Å²) in [6.07, 6.45) is 0.499. The van der Waals surface area contributed by atoms with Gasteiger partial charge in [0.05, 0.1) is 11.1 Å². The maximum absolute atomic E-state index is 12.9. The van der Waals surface area contributed by atoms with Gasteiger partial charge in [0.25, 0.3) is 0 Å². The highest BCUT2D eigenvalue weighted by Crippen LogP contribution is 2.32. The fourth-order valence-electron chi connectivity index (χ4n) is 3.80. The Labute approximate surface area is 179 Å². The van der Waals surface area contributed by atoms with E-state index in [0.29, 0.717) is 12.4 Å². The van der Waals surface area contributed by atoms with Crippen molar-refractivity contribution in [3.05, 3.63) is 53.7 Å². The van der Waals surface area contributed by atoms with E-state index in [2.05, 4.69) is 20.2 Å². The summed E-state index contributed by atoms with van der Waals surface area (Å²) in [4.78, 5) is 11.0. The van der Waals surface area contributed by atoms with Gasteiger partial charge in [-0.1, -0.05) is 12.5 Å². The number of alkyl halides is 3. The molecule has 5 nitrogen and oxygen atoms in total. The minimum absolute atomic E-state index is 0.0910. The van der Waals surface area contributed by atoms with E-state index in [1.54, 1.807) is 6.07 Å². The monoisotopic (exact) mass is 430 g/mol. The zero-order valence-electron chi connectivity index (χ0n) is 17.4. The third-order valence-corrected chi connectivity index (χ3v) is 5.48. The number of aryl methyl sites for hydroxylation is 1. The first kappa shape index (κ1) is 21.4. The SMILES string of the molecule is Cc1ccc(OCCN2CCCCC2)c2ccc(Nc3cc(C(F)(F)F)ccn3)nc12. The van der Waals surface area contributed by atoms with Gasteiger partial charge in [-0.25, -0.2) is 9.97 Å². The van der Waals surface area contributed by atoms with Gasteiger partial charge in [-0.2, -0.15) is 13.2 Å². The zero-order valence-corrected chi connectivity index (χ0v) is 17.4. The number of halogens is 3. The highest BCUT2D eigenvalue weighted by atomic mass is 19.4. The number of rotatable bonds is 6. The molecule has 0 radical (unpaired) electrons. The van der Waals surface area contributed by atoms with Crippen LogP contribution in [0.1, 0.15) is 30.4 Å². The predicted molar refractivity (Wildman–Crippen MR) is 115 cm³/mol. The van der Waals surface area contributed by atoms with E-state index in [1.165, 1.54) is 19.3 Å². The Morgan fingerprint density at radius 1 is 1.03 bits per heavy atom. The van der Waals surface area contributed by atoms with Crippen molar-refractivity contribution in [2.45, 2.75) is 32.4 Å². The van der Waals surface area contributed by atoms with E-state index in [4.69, 9.17) is 4.74 Å². The molecule has 3 heterocycles. The summed E-state index contributed by atoms with van der Waals surface area (Å²) in [5, 5.41) is 3.75. The summed E-state index contributed by atoms with van der Waals surface area (Å²) in [5.41, 5.74) is 0.942. The van der Waals surface area contributed by atoms with Gasteiger partial charge >= 0.3 is 6.18 Å².